The van der Waals surface area contributed by atoms with Crippen molar-refractivity contribution < 1.29 is 35.9 Å². The topological polar surface area (TPSA) is 44.8 Å². The zero-order chi connectivity index (χ0) is 25.6. The van der Waals surface area contributed by atoms with Crippen LogP contribution in [0.5, 0.6) is 0 Å². The van der Waals surface area contributed by atoms with E-state index in [9.17, 15) is 31.1 Å². The van der Waals surface area contributed by atoms with Gasteiger partial charge in [-0.05, 0) is 17.7 Å². The van der Waals surface area contributed by atoms with E-state index in [2.05, 4.69) is 15.0 Å². The molecular formula is C24H27F6N3O2. The number of nitrogens with one attached hydrogen (secondary N) is 1. The summed E-state index contributed by atoms with van der Waals surface area (Å²) in [6.07, 6.45) is -17.3. The highest BCUT2D eigenvalue weighted by molar-refractivity contribution is 5.68. The summed E-state index contributed by atoms with van der Waals surface area (Å²) < 4.78 is 80.6. The van der Waals surface area contributed by atoms with Gasteiger partial charge in [0.2, 0.25) is 0 Å². The maximum Gasteiger partial charge on any atom is 0.434 e. The van der Waals surface area contributed by atoms with Crippen molar-refractivity contribution in [1.82, 2.24) is 15.1 Å². The summed E-state index contributed by atoms with van der Waals surface area (Å²) in [5, 5.41) is 3.49. The Morgan fingerprint density at radius 2 is 1.34 bits per heavy atom. The van der Waals surface area contributed by atoms with Crippen LogP contribution in [0, 0.1) is 0 Å². The van der Waals surface area contributed by atoms with E-state index in [4.69, 9.17) is 0 Å². The van der Waals surface area contributed by atoms with Gasteiger partial charge in [-0.15, -0.1) is 0 Å². The fraction of sp³-hybridized carbons (Fsp3) is 0.458. The summed E-state index contributed by atoms with van der Waals surface area (Å²) >= 11 is 0. The third-order valence-corrected chi connectivity index (χ3v) is 5.82. The summed E-state index contributed by atoms with van der Waals surface area (Å²) in [4.78, 5) is 15.1. The number of likely N-dealkylation sites (N-methyl/N-ethyl adjacent to an activating group) is 1. The van der Waals surface area contributed by atoms with Gasteiger partial charge in [0.25, 0.3) is 6.10 Å². The van der Waals surface area contributed by atoms with Crippen LogP contribution in [0.2, 0.25) is 0 Å². The number of alkyl halides is 6. The van der Waals surface area contributed by atoms with Crippen LogP contribution in [0.15, 0.2) is 60.7 Å². The van der Waals surface area contributed by atoms with Gasteiger partial charge in [-0.25, -0.2) is 4.79 Å². The van der Waals surface area contributed by atoms with Crippen molar-refractivity contribution in [1.29, 1.82) is 0 Å². The molecule has 1 aliphatic rings. The van der Waals surface area contributed by atoms with E-state index in [1.54, 1.807) is 0 Å². The molecule has 0 saturated carbocycles. The number of carbonyl (C=O) groups excluding carboxylic acids is 1. The molecule has 2 atom stereocenters. The second-order valence-electron chi connectivity index (χ2n) is 8.17. The predicted molar refractivity (Wildman–Crippen MR) is 118 cm³/mol. The number of hydrogen-bond donors (Lipinski definition) is 1. The van der Waals surface area contributed by atoms with Gasteiger partial charge in [0, 0.05) is 26.2 Å². The molecule has 1 amide bonds. The van der Waals surface area contributed by atoms with Crippen molar-refractivity contribution in [2.24, 2.45) is 0 Å². The molecule has 0 aliphatic carbocycles. The molecule has 1 saturated heterocycles. The lowest BCUT2D eigenvalue weighted by Gasteiger charge is -2.43. The van der Waals surface area contributed by atoms with Gasteiger partial charge in [0.15, 0.2) is 0 Å². The molecule has 1 aliphatic heterocycles. The molecule has 1 N–H and O–H groups in total. The second-order valence-corrected chi connectivity index (χ2v) is 8.17. The lowest BCUT2D eigenvalue weighted by molar-refractivity contribution is -0.308. The first kappa shape index (κ1) is 26.8. The summed E-state index contributed by atoms with van der Waals surface area (Å²) in [6.45, 7) is 2.99. The number of amides is 1. The number of rotatable bonds is 7. The minimum atomic E-state index is -5.75. The van der Waals surface area contributed by atoms with Crippen molar-refractivity contribution in [3.8, 4) is 0 Å². The van der Waals surface area contributed by atoms with Crippen molar-refractivity contribution in [3.63, 3.8) is 0 Å². The molecule has 3 rings (SSSR count). The molecule has 1 heterocycles. The van der Waals surface area contributed by atoms with Gasteiger partial charge in [-0.3, -0.25) is 4.90 Å². The molecule has 0 radical (unpaired) electrons. The van der Waals surface area contributed by atoms with Crippen LogP contribution in [0.25, 0.3) is 0 Å². The number of benzene rings is 2. The molecule has 0 spiro atoms. The lowest BCUT2D eigenvalue weighted by atomic mass is 9.91. The quantitative estimate of drug-likeness (QED) is 0.520. The third kappa shape index (κ3) is 6.88. The first-order valence-electron chi connectivity index (χ1n) is 11.2. The maximum absolute atomic E-state index is 12.8. The number of ether oxygens (including phenoxy) is 1. The SMILES string of the molecule is CCNC(c1ccccc1)C(c1ccccc1)N1CCN(C(=O)OC(C(F)(F)F)C(F)(F)F)CC1. The summed E-state index contributed by atoms with van der Waals surface area (Å²) in [5.74, 6) is 0. The Hall–Kier alpha value is -2.79. The van der Waals surface area contributed by atoms with Crippen molar-refractivity contribution in [3.05, 3.63) is 71.8 Å². The Morgan fingerprint density at radius 3 is 1.80 bits per heavy atom. The summed E-state index contributed by atoms with van der Waals surface area (Å²) in [5.41, 5.74) is 2.02. The van der Waals surface area contributed by atoms with Crippen LogP contribution < -0.4 is 5.32 Å². The molecule has 2 aromatic rings. The molecule has 5 nitrogen and oxygen atoms in total. The van der Waals surface area contributed by atoms with Crippen molar-refractivity contribution in [2.45, 2.75) is 37.5 Å². The number of hydrogen-bond acceptors (Lipinski definition) is 4. The minimum Gasteiger partial charge on any atom is -0.426 e. The first-order valence-corrected chi connectivity index (χ1v) is 11.2. The zero-order valence-electron chi connectivity index (χ0n) is 19.0. The molecule has 2 aromatic carbocycles. The summed E-state index contributed by atoms with van der Waals surface area (Å²) in [7, 11) is 0. The Bertz CT molecular complexity index is 918. The minimum absolute atomic E-state index is 0.0712. The van der Waals surface area contributed by atoms with Crippen LogP contribution >= 0.6 is 0 Å². The zero-order valence-corrected chi connectivity index (χ0v) is 19.0. The Kier molecular flexibility index (Phi) is 8.65. The first-order chi connectivity index (χ1) is 16.5. The van der Waals surface area contributed by atoms with Gasteiger partial charge in [-0.2, -0.15) is 26.3 Å². The molecule has 192 valence electrons. The maximum atomic E-state index is 12.8. The van der Waals surface area contributed by atoms with E-state index >= 15 is 0 Å². The van der Waals surface area contributed by atoms with Gasteiger partial charge < -0.3 is 15.0 Å². The van der Waals surface area contributed by atoms with Gasteiger partial charge in [0.1, 0.15) is 0 Å². The van der Waals surface area contributed by atoms with Crippen LogP contribution in [0.1, 0.15) is 30.1 Å². The van der Waals surface area contributed by atoms with Crippen LogP contribution in [-0.2, 0) is 4.74 Å². The monoisotopic (exact) mass is 503 g/mol. The van der Waals surface area contributed by atoms with Gasteiger partial charge in [-0.1, -0.05) is 67.6 Å². The lowest BCUT2D eigenvalue weighted by Crippen LogP contribution is -2.54. The van der Waals surface area contributed by atoms with E-state index in [0.717, 1.165) is 16.0 Å². The van der Waals surface area contributed by atoms with Gasteiger partial charge >= 0.3 is 18.4 Å². The molecule has 2 unspecified atom stereocenters. The highest BCUT2D eigenvalue weighted by Crippen LogP contribution is 2.37. The Morgan fingerprint density at radius 1 is 0.857 bits per heavy atom. The fourth-order valence-corrected chi connectivity index (χ4v) is 4.23. The number of piperazine rings is 1. The normalized spacial score (nSPS) is 17.3. The Balaban J connectivity index is 1.78. The standard InChI is InChI=1S/C24H27F6N3O2/c1-2-31-19(17-9-5-3-6-10-17)20(18-11-7-4-8-12-18)32-13-15-33(16-14-32)22(34)35-21(23(25,26)27)24(28,29)30/h3-12,19-21,31H,2,13-16H2,1H3. The number of nitrogens with zero attached hydrogens (tertiary/aromatic N) is 2. The molecule has 1 fully saturated rings. The summed E-state index contributed by atoms with van der Waals surface area (Å²) in [6, 6.07) is 19.0. The molecule has 35 heavy (non-hydrogen) atoms. The van der Waals surface area contributed by atoms with E-state index in [-0.39, 0.29) is 38.3 Å². The van der Waals surface area contributed by atoms with Crippen molar-refractivity contribution >= 4 is 6.09 Å². The Labute approximate surface area is 199 Å². The fourth-order valence-electron chi connectivity index (χ4n) is 4.23. The highest BCUT2D eigenvalue weighted by Gasteiger charge is 2.60. The van der Waals surface area contributed by atoms with Gasteiger partial charge in [0.05, 0.1) is 12.1 Å². The van der Waals surface area contributed by atoms with E-state index in [1.165, 1.54) is 0 Å². The molecule has 0 bridgehead atoms. The van der Waals surface area contributed by atoms with Crippen LogP contribution in [-0.4, -0.2) is 67.1 Å². The molecular weight excluding hydrogens is 476 g/mol. The average molecular weight is 503 g/mol. The number of halogens is 6. The second kappa shape index (κ2) is 11.3. The molecule has 11 heteroatoms. The van der Waals surface area contributed by atoms with Crippen LogP contribution in [0.3, 0.4) is 0 Å². The smallest absolute Gasteiger partial charge is 0.426 e. The van der Waals surface area contributed by atoms with E-state index < -0.39 is 24.5 Å². The third-order valence-electron chi connectivity index (χ3n) is 5.82. The molecule has 0 aromatic heterocycles. The largest absolute Gasteiger partial charge is 0.434 e. The van der Waals surface area contributed by atoms with E-state index in [1.807, 2.05) is 67.6 Å². The average Bonchev–Trinajstić information content (AvgIpc) is 2.82. The number of carbonyl (C=O) groups is 1. The highest BCUT2D eigenvalue weighted by atomic mass is 19.4. The van der Waals surface area contributed by atoms with Crippen LogP contribution in [0.4, 0.5) is 31.1 Å². The van der Waals surface area contributed by atoms with E-state index in [0.29, 0.717) is 6.54 Å². The predicted octanol–water partition coefficient (Wildman–Crippen LogP) is 5.33. The van der Waals surface area contributed by atoms with Crippen molar-refractivity contribution in [2.75, 3.05) is 32.7 Å².